The van der Waals surface area contributed by atoms with E-state index in [0.717, 1.165) is 65.2 Å². The van der Waals surface area contributed by atoms with Gasteiger partial charge in [-0.1, -0.05) is 30.3 Å². The predicted octanol–water partition coefficient (Wildman–Crippen LogP) is 4.72. The fourth-order valence-electron chi connectivity index (χ4n) is 6.11. The summed E-state index contributed by atoms with van der Waals surface area (Å²) in [6.45, 7) is 3.19. The van der Waals surface area contributed by atoms with Crippen molar-refractivity contribution < 1.29 is 13.9 Å². The Labute approximate surface area is 220 Å². The number of hydrogen-bond donors (Lipinski definition) is 2. The highest BCUT2D eigenvalue weighted by Crippen LogP contribution is 2.50. The zero-order valence-corrected chi connectivity index (χ0v) is 21.1. The first kappa shape index (κ1) is 23.1. The number of rotatable bonds is 4. The van der Waals surface area contributed by atoms with Crippen LogP contribution in [0.5, 0.6) is 5.75 Å². The number of benzene rings is 3. The lowest BCUT2D eigenvalue weighted by Crippen LogP contribution is -2.45. The molecular formula is C30H30FN5O2. The lowest BCUT2D eigenvalue weighted by Gasteiger charge is -2.33. The van der Waals surface area contributed by atoms with Gasteiger partial charge in [0, 0.05) is 42.1 Å². The minimum Gasteiger partial charge on any atom is -0.489 e. The van der Waals surface area contributed by atoms with Crippen molar-refractivity contribution in [2.45, 2.75) is 31.6 Å². The van der Waals surface area contributed by atoms with Crippen LogP contribution >= 0.6 is 0 Å². The second kappa shape index (κ2) is 9.06. The van der Waals surface area contributed by atoms with Crippen LogP contribution in [0.1, 0.15) is 40.6 Å². The largest absolute Gasteiger partial charge is 0.489 e. The Hall–Kier alpha value is -4.04. The van der Waals surface area contributed by atoms with Crippen LogP contribution in [0.25, 0.3) is 10.9 Å². The first-order valence-corrected chi connectivity index (χ1v) is 13.3. The Morgan fingerprint density at radius 3 is 2.76 bits per heavy atom. The van der Waals surface area contributed by atoms with Crippen LogP contribution in [-0.4, -0.2) is 47.7 Å². The highest BCUT2D eigenvalue weighted by atomic mass is 19.1. The maximum Gasteiger partial charge on any atom is 0.254 e. The van der Waals surface area contributed by atoms with Gasteiger partial charge in [0.2, 0.25) is 0 Å². The minimum absolute atomic E-state index is 0.00408. The van der Waals surface area contributed by atoms with Gasteiger partial charge in [-0.15, -0.1) is 0 Å². The van der Waals surface area contributed by atoms with Gasteiger partial charge in [-0.3, -0.25) is 4.79 Å². The molecule has 7 nitrogen and oxygen atoms in total. The van der Waals surface area contributed by atoms with Crippen LogP contribution in [-0.2, 0) is 6.54 Å². The Balaban J connectivity index is 1.27. The van der Waals surface area contributed by atoms with Gasteiger partial charge in [-0.05, 0) is 54.8 Å². The third kappa shape index (κ3) is 3.87. The molecule has 8 heteroatoms. The van der Waals surface area contributed by atoms with Gasteiger partial charge < -0.3 is 30.2 Å². The summed E-state index contributed by atoms with van der Waals surface area (Å²) in [5.41, 5.74) is 11.9. The normalized spacial score (nSPS) is 20.3. The summed E-state index contributed by atoms with van der Waals surface area (Å²) in [6, 6.07) is 21.1. The van der Waals surface area contributed by atoms with E-state index in [2.05, 4.69) is 33.0 Å². The molecule has 0 aliphatic carbocycles. The van der Waals surface area contributed by atoms with Crippen molar-refractivity contribution in [3.8, 4) is 5.75 Å². The van der Waals surface area contributed by atoms with Crippen molar-refractivity contribution in [2.75, 3.05) is 36.5 Å². The second-order valence-electron chi connectivity index (χ2n) is 10.5. The fraction of sp³-hybridized carbons (Fsp3) is 0.300. The maximum atomic E-state index is 13.6. The Morgan fingerprint density at radius 1 is 1.08 bits per heavy atom. The van der Waals surface area contributed by atoms with E-state index in [-0.39, 0.29) is 23.9 Å². The topological polar surface area (TPSA) is 75.8 Å². The standard InChI is InChI=1S/C30H30FN5O2/c31-22-9-7-19(8-10-22)17-36-25-6-2-1-4-20(25)15-26(36)29-33-24-14-21(16-27-28(24)35(29)12-13-38-27)30(37)34-11-3-5-23(32)18-34/h1-2,4,6-10,14-16,23,29,33H,3,5,11-13,17-18,32H2/t23?,29-/m1/s1. The molecule has 1 aromatic heterocycles. The van der Waals surface area contributed by atoms with E-state index in [4.69, 9.17) is 10.5 Å². The SMILES string of the molecule is NC1CCCN(C(=O)c2cc3c4c(c2)OCCN4[C@H](c2cc4ccccc4n2Cc2ccc(F)cc2)N3)C1. The number of para-hydroxylation sites is 1. The zero-order chi connectivity index (χ0) is 25.8. The molecule has 0 spiro atoms. The van der Waals surface area contributed by atoms with Crippen LogP contribution in [0, 0.1) is 5.82 Å². The van der Waals surface area contributed by atoms with Crippen molar-refractivity contribution in [2.24, 2.45) is 5.73 Å². The molecule has 2 atom stereocenters. The summed E-state index contributed by atoms with van der Waals surface area (Å²) in [6.07, 6.45) is 1.75. The molecule has 194 valence electrons. The number of carbonyl (C=O) groups is 1. The van der Waals surface area contributed by atoms with E-state index in [1.165, 1.54) is 12.1 Å². The van der Waals surface area contributed by atoms with Crippen LogP contribution < -0.4 is 20.7 Å². The van der Waals surface area contributed by atoms with Gasteiger partial charge in [0.05, 0.1) is 17.9 Å². The molecule has 3 aromatic carbocycles. The summed E-state index contributed by atoms with van der Waals surface area (Å²) in [7, 11) is 0. The molecule has 7 rings (SSSR count). The molecule has 1 fully saturated rings. The quantitative estimate of drug-likeness (QED) is 0.415. The monoisotopic (exact) mass is 511 g/mol. The lowest BCUT2D eigenvalue weighted by molar-refractivity contribution is 0.0708. The number of nitrogens with two attached hydrogens (primary N) is 1. The molecule has 0 saturated carbocycles. The number of anilines is 2. The van der Waals surface area contributed by atoms with Gasteiger partial charge >= 0.3 is 0 Å². The Morgan fingerprint density at radius 2 is 1.92 bits per heavy atom. The van der Waals surface area contributed by atoms with E-state index in [1.54, 1.807) is 0 Å². The van der Waals surface area contributed by atoms with Crippen LogP contribution in [0.4, 0.5) is 15.8 Å². The fourth-order valence-corrected chi connectivity index (χ4v) is 6.11. The Kier molecular flexibility index (Phi) is 5.51. The molecule has 0 bridgehead atoms. The lowest BCUT2D eigenvalue weighted by atomic mass is 10.0. The van der Waals surface area contributed by atoms with E-state index < -0.39 is 0 Å². The molecule has 1 amide bonds. The highest BCUT2D eigenvalue weighted by molar-refractivity contribution is 5.99. The molecule has 3 aliphatic rings. The molecule has 4 heterocycles. The second-order valence-corrected chi connectivity index (χ2v) is 10.5. The summed E-state index contributed by atoms with van der Waals surface area (Å²) in [5, 5.41) is 4.85. The number of nitrogens with zero attached hydrogens (tertiary/aromatic N) is 3. The number of ether oxygens (including phenoxy) is 1. The van der Waals surface area contributed by atoms with E-state index in [1.807, 2.05) is 41.3 Å². The molecule has 38 heavy (non-hydrogen) atoms. The highest BCUT2D eigenvalue weighted by Gasteiger charge is 2.38. The number of amides is 1. The van der Waals surface area contributed by atoms with Gasteiger partial charge in [0.25, 0.3) is 5.91 Å². The van der Waals surface area contributed by atoms with Gasteiger partial charge in [-0.25, -0.2) is 4.39 Å². The van der Waals surface area contributed by atoms with Crippen molar-refractivity contribution in [1.29, 1.82) is 0 Å². The minimum atomic E-state index is -0.239. The number of aromatic nitrogens is 1. The van der Waals surface area contributed by atoms with Crippen LogP contribution in [0.3, 0.4) is 0 Å². The molecule has 0 radical (unpaired) electrons. The predicted molar refractivity (Wildman–Crippen MR) is 146 cm³/mol. The summed E-state index contributed by atoms with van der Waals surface area (Å²) in [5.74, 6) is 0.488. The average Bonchev–Trinajstić information content (AvgIpc) is 3.49. The summed E-state index contributed by atoms with van der Waals surface area (Å²) < 4.78 is 22.0. The molecule has 1 unspecified atom stereocenters. The van der Waals surface area contributed by atoms with Crippen molar-refractivity contribution >= 4 is 28.2 Å². The third-order valence-corrected chi connectivity index (χ3v) is 7.92. The number of likely N-dealkylation sites (tertiary alicyclic amines) is 1. The molecule has 3 N–H and O–H groups in total. The van der Waals surface area contributed by atoms with Crippen LogP contribution in [0.15, 0.2) is 66.7 Å². The van der Waals surface area contributed by atoms with E-state index in [9.17, 15) is 9.18 Å². The number of nitrogens with one attached hydrogen (secondary N) is 1. The van der Waals surface area contributed by atoms with Gasteiger partial charge in [0.1, 0.15) is 30.0 Å². The van der Waals surface area contributed by atoms with Gasteiger partial charge in [0.15, 0.2) is 0 Å². The smallest absolute Gasteiger partial charge is 0.254 e. The maximum absolute atomic E-state index is 13.6. The van der Waals surface area contributed by atoms with Crippen molar-refractivity contribution in [3.05, 3.63) is 89.4 Å². The Bertz CT molecular complexity index is 1530. The number of fused-ring (bicyclic) bond motifs is 1. The first-order chi connectivity index (χ1) is 18.5. The van der Waals surface area contributed by atoms with E-state index in [0.29, 0.717) is 25.3 Å². The molecule has 4 aromatic rings. The van der Waals surface area contributed by atoms with Crippen molar-refractivity contribution in [3.63, 3.8) is 0 Å². The van der Waals surface area contributed by atoms with Crippen LogP contribution in [0.2, 0.25) is 0 Å². The molecule has 3 aliphatic heterocycles. The number of hydrogen-bond acceptors (Lipinski definition) is 5. The molecular weight excluding hydrogens is 481 g/mol. The number of halogens is 1. The average molecular weight is 512 g/mol. The van der Waals surface area contributed by atoms with Crippen molar-refractivity contribution in [1.82, 2.24) is 9.47 Å². The molecule has 1 saturated heterocycles. The summed E-state index contributed by atoms with van der Waals surface area (Å²) in [4.78, 5) is 17.6. The summed E-state index contributed by atoms with van der Waals surface area (Å²) >= 11 is 0. The van der Waals surface area contributed by atoms with E-state index >= 15 is 0 Å². The number of piperidine rings is 1. The first-order valence-electron chi connectivity index (χ1n) is 13.3. The third-order valence-electron chi connectivity index (χ3n) is 7.92. The van der Waals surface area contributed by atoms with Gasteiger partial charge in [-0.2, -0.15) is 0 Å². The number of carbonyl (C=O) groups excluding carboxylic acids is 1. The zero-order valence-electron chi connectivity index (χ0n) is 21.1.